The van der Waals surface area contributed by atoms with Crippen molar-refractivity contribution in [3.63, 3.8) is 0 Å². The van der Waals surface area contributed by atoms with Gasteiger partial charge in [-0.05, 0) is 0 Å². The molecule has 0 radical (unpaired) electrons. The average molecular weight is 418 g/mol. The van der Waals surface area contributed by atoms with Crippen LogP contribution in [-0.4, -0.2) is 32.9 Å². The van der Waals surface area contributed by atoms with Crippen molar-refractivity contribution in [2.45, 2.75) is 37.7 Å². The van der Waals surface area contributed by atoms with E-state index in [9.17, 15) is 9.90 Å². The zero-order valence-corrected chi connectivity index (χ0v) is 15.1. The third-order valence-electron chi connectivity index (χ3n) is 4.07. The molecular weight excluding hydrogens is 401 g/mol. The van der Waals surface area contributed by atoms with Crippen LogP contribution in [-0.2, 0) is 10.3 Å². The van der Waals surface area contributed by atoms with Gasteiger partial charge >= 0.3 is 138 Å². The maximum absolute atomic E-state index is 11.9. The van der Waals surface area contributed by atoms with Gasteiger partial charge in [-0.2, -0.15) is 0 Å². The molecule has 21 heavy (non-hydrogen) atoms. The first-order valence-corrected chi connectivity index (χ1v) is 9.43. The summed E-state index contributed by atoms with van der Waals surface area (Å²) in [5.41, 5.74) is 0.651. The number of hydrogen-bond acceptors (Lipinski definition) is 3. The van der Waals surface area contributed by atoms with Crippen LogP contribution < -0.4 is 3.40 Å². The van der Waals surface area contributed by atoms with Gasteiger partial charge in [0.05, 0.1) is 0 Å². The molecule has 2 heterocycles. The number of methoxy groups -OCH3 is 1. The summed E-state index contributed by atoms with van der Waals surface area (Å²) >= 11 is 3.61. The SMILES string of the molecule is COC(=O)c1ccc[n+]2[se]c(C3(O)CCCCC3)c(Br)c12. The van der Waals surface area contributed by atoms with E-state index in [1.165, 1.54) is 13.5 Å². The Balaban J connectivity index is 2.18. The van der Waals surface area contributed by atoms with E-state index in [4.69, 9.17) is 4.74 Å². The summed E-state index contributed by atoms with van der Waals surface area (Å²) in [4.78, 5) is 11.9. The van der Waals surface area contributed by atoms with E-state index in [1.54, 1.807) is 6.07 Å². The Labute approximate surface area is 137 Å². The van der Waals surface area contributed by atoms with Gasteiger partial charge in [0.25, 0.3) is 0 Å². The molecule has 0 aliphatic heterocycles. The fourth-order valence-corrected chi connectivity index (χ4v) is 6.80. The summed E-state index contributed by atoms with van der Waals surface area (Å²) < 4.78 is 8.84. The van der Waals surface area contributed by atoms with E-state index in [0.717, 1.165) is 40.1 Å². The van der Waals surface area contributed by atoms with E-state index in [-0.39, 0.29) is 20.7 Å². The summed E-state index contributed by atoms with van der Waals surface area (Å²) in [5, 5.41) is 11.0. The summed E-state index contributed by atoms with van der Waals surface area (Å²) in [6.45, 7) is 0. The molecule has 3 rings (SSSR count). The second-order valence-electron chi connectivity index (χ2n) is 5.41. The van der Waals surface area contributed by atoms with Crippen molar-refractivity contribution in [3.8, 4) is 0 Å². The summed E-state index contributed by atoms with van der Waals surface area (Å²) in [5.74, 6) is -0.344. The topological polar surface area (TPSA) is 50.6 Å². The van der Waals surface area contributed by atoms with E-state index in [2.05, 4.69) is 19.3 Å². The number of aliphatic hydroxyl groups is 1. The Morgan fingerprint density at radius 1 is 1.43 bits per heavy atom. The molecule has 112 valence electrons. The molecule has 0 amide bonds. The quantitative estimate of drug-likeness (QED) is 0.601. The average Bonchev–Trinajstić information content (AvgIpc) is 2.85. The van der Waals surface area contributed by atoms with Crippen LogP contribution in [0.25, 0.3) is 5.52 Å². The number of hydrogen-bond donors (Lipinski definition) is 1. The first kappa shape index (κ1) is 15.2. The molecule has 0 spiro atoms. The molecule has 1 N–H and O–H groups in total. The molecule has 6 heteroatoms. The molecule has 1 aliphatic rings. The summed E-state index contributed by atoms with van der Waals surface area (Å²) in [7, 11) is 1.39. The molecule has 4 nitrogen and oxygen atoms in total. The predicted molar refractivity (Wildman–Crippen MR) is 82.6 cm³/mol. The van der Waals surface area contributed by atoms with Gasteiger partial charge in [0, 0.05) is 0 Å². The van der Waals surface area contributed by atoms with E-state index < -0.39 is 5.60 Å². The van der Waals surface area contributed by atoms with Gasteiger partial charge in [0.2, 0.25) is 0 Å². The van der Waals surface area contributed by atoms with Crippen molar-refractivity contribution in [1.82, 2.24) is 0 Å². The molecule has 0 aromatic carbocycles. The van der Waals surface area contributed by atoms with E-state index in [1.807, 2.05) is 12.3 Å². The van der Waals surface area contributed by atoms with Crippen molar-refractivity contribution in [3.05, 3.63) is 32.8 Å². The van der Waals surface area contributed by atoms with E-state index >= 15 is 0 Å². The molecule has 1 fully saturated rings. The van der Waals surface area contributed by atoms with Gasteiger partial charge in [-0.15, -0.1) is 0 Å². The molecule has 2 aromatic heterocycles. The molecule has 0 atom stereocenters. The fraction of sp³-hybridized carbons (Fsp3) is 0.467. The van der Waals surface area contributed by atoms with Crippen LogP contribution in [0, 0.1) is 0 Å². The van der Waals surface area contributed by atoms with Crippen LogP contribution in [0.4, 0.5) is 0 Å². The molecule has 2 aromatic rings. The minimum absolute atomic E-state index is 0.0235. The molecule has 1 aliphatic carbocycles. The Bertz CT molecular complexity index is 692. The zero-order chi connectivity index (χ0) is 15.0. The minimum atomic E-state index is -0.726. The monoisotopic (exact) mass is 418 g/mol. The van der Waals surface area contributed by atoms with Gasteiger partial charge in [0.1, 0.15) is 0 Å². The first-order chi connectivity index (χ1) is 10.1. The van der Waals surface area contributed by atoms with Gasteiger partial charge in [-0.25, -0.2) is 0 Å². The summed E-state index contributed by atoms with van der Waals surface area (Å²) in [6, 6.07) is 3.62. The number of carbonyl (C=O) groups excluding carboxylic acids is 1. The third kappa shape index (κ3) is 2.59. The Morgan fingerprint density at radius 3 is 2.81 bits per heavy atom. The van der Waals surface area contributed by atoms with Crippen LogP contribution in [0.15, 0.2) is 22.8 Å². The van der Waals surface area contributed by atoms with Crippen molar-refractivity contribution in [2.75, 3.05) is 7.11 Å². The number of aromatic nitrogens is 1. The number of pyridine rings is 1. The number of ether oxygens (including phenoxy) is 1. The Morgan fingerprint density at radius 2 is 2.14 bits per heavy atom. The normalized spacial score (nSPS) is 17.9. The Kier molecular flexibility index (Phi) is 4.23. The van der Waals surface area contributed by atoms with Crippen LogP contribution in [0.3, 0.4) is 0 Å². The Hall–Kier alpha value is -0.681. The zero-order valence-electron chi connectivity index (χ0n) is 11.8. The van der Waals surface area contributed by atoms with Gasteiger partial charge in [0.15, 0.2) is 0 Å². The number of halogens is 1. The standard InChI is InChI=1S/C15H17BrNO3Se/c1-20-14(18)10-6-5-9-17-12(10)11(16)13(21-17)15(19)7-3-2-4-8-15/h5-6,9,19H,2-4,7-8H2,1H3/q+1. The third-order valence-corrected chi connectivity index (χ3v) is 8.09. The van der Waals surface area contributed by atoms with Crippen LogP contribution >= 0.6 is 15.9 Å². The van der Waals surface area contributed by atoms with Gasteiger partial charge in [-0.3, -0.25) is 0 Å². The van der Waals surface area contributed by atoms with Crippen LogP contribution in [0.1, 0.15) is 46.9 Å². The van der Waals surface area contributed by atoms with Gasteiger partial charge < -0.3 is 0 Å². The molecule has 0 unspecified atom stereocenters. The number of carbonyl (C=O) groups is 1. The molecule has 0 saturated heterocycles. The van der Waals surface area contributed by atoms with Crippen molar-refractivity contribution >= 4 is 42.1 Å². The predicted octanol–water partition coefficient (Wildman–Crippen LogP) is 2.18. The van der Waals surface area contributed by atoms with Crippen molar-refractivity contribution < 1.29 is 18.0 Å². The van der Waals surface area contributed by atoms with Gasteiger partial charge in [-0.1, -0.05) is 0 Å². The fourth-order valence-electron chi connectivity index (χ4n) is 2.95. The second-order valence-corrected chi connectivity index (χ2v) is 8.27. The maximum atomic E-state index is 11.9. The number of fused-ring (bicyclic) bond motifs is 1. The molecule has 1 saturated carbocycles. The molecular formula is C15H17BrNO3Se+. The number of nitrogens with zero attached hydrogens (tertiary/aromatic N) is 1. The summed E-state index contributed by atoms with van der Waals surface area (Å²) in [6.07, 6.45) is 6.88. The van der Waals surface area contributed by atoms with Crippen LogP contribution in [0.5, 0.6) is 0 Å². The van der Waals surface area contributed by atoms with Crippen LogP contribution in [0.2, 0.25) is 0 Å². The van der Waals surface area contributed by atoms with Crippen molar-refractivity contribution in [2.24, 2.45) is 0 Å². The number of rotatable bonds is 2. The first-order valence-electron chi connectivity index (χ1n) is 7.01. The van der Waals surface area contributed by atoms with Crippen molar-refractivity contribution in [1.29, 1.82) is 0 Å². The second kappa shape index (κ2) is 5.84. The van der Waals surface area contributed by atoms with E-state index in [0.29, 0.717) is 5.56 Å². The number of esters is 1. The molecule has 0 bridgehead atoms.